The minimum Gasteiger partial charge on any atom is -0.355 e. The number of nitrogens with zero attached hydrogens (tertiary/aromatic N) is 1. The van der Waals surface area contributed by atoms with Gasteiger partial charge in [0.15, 0.2) is 0 Å². The molecule has 0 aliphatic rings. The smallest absolute Gasteiger partial charge is 0.257 e. The molecule has 0 atom stereocenters. The summed E-state index contributed by atoms with van der Waals surface area (Å²) in [5.41, 5.74) is 3.04. The SMILES string of the molecule is CCc1cc(F)ccc1Nc1cc(F)c(Cl)cc1C(=O)Nc1ccncc1C. The first-order chi connectivity index (χ1) is 13.4. The number of carbonyl (C=O) groups is 1. The maximum atomic E-state index is 14.1. The van der Waals surface area contributed by atoms with Crippen LogP contribution in [-0.4, -0.2) is 10.9 Å². The number of halogens is 3. The van der Waals surface area contributed by atoms with Crippen molar-refractivity contribution in [1.29, 1.82) is 0 Å². The van der Waals surface area contributed by atoms with Crippen LogP contribution < -0.4 is 10.6 Å². The second-order valence-electron chi connectivity index (χ2n) is 6.24. The van der Waals surface area contributed by atoms with Crippen LogP contribution in [0.25, 0.3) is 0 Å². The molecule has 1 amide bonds. The summed E-state index contributed by atoms with van der Waals surface area (Å²) in [6.45, 7) is 3.69. The van der Waals surface area contributed by atoms with Crippen LogP contribution in [0.15, 0.2) is 48.8 Å². The summed E-state index contributed by atoms with van der Waals surface area (Å²) in [6.07, 6.45) is 3.75. The predicted octanol–water partition coefficient (Wildman–Crippen LogP) is 5.88. The Morgan fingerprint density at radius 2 is 1.89 bits per heavy atom. The molecule has 3 rings (SSSR count). The number of amides is 1. The van der Waals surface area contributed by atoms with Crippen LogP contribution in [0.1, 0.15) is 28.4 Å². The highest BCUT2D eigenvalue weighted by Gasteiger charge is 2.17. The Kier molecular flexibility index (Phi) is 5.90. The zero-order valence-corrected chi connectivity index (χ0v) is 16.1. The van der Waals surface area contributed by atoms with Gasteiger partial charge in [-0.05, 0) is 60.9 Å². The molecule has 0 bridgehead atoms. The van der Waals surface area contributed by atoms with Crippen molar-refractivity contribution in [3.8, 4) is 0 Å². The first-order valence-corrected chi connectivity index (χ1v) is 9.03. The van der Waals surface area contributed by atoms with Crippen molar-refractivity contribution in [3.63, 3.8) is 0 Å². The Balaban J connectivity index is 1.99. The maximum absolute atomic E-state index is 14.1. The van der Waals surface area contributed by atoms with Gasteiger partial charge in [0.25, 0.3) is 5.91 Å². The molecule has 0 saturated heterocycles. The lowest BCUT2D eigenvalue weighted by atomic mass is 10.1. The highest BCUT2D eigenvalue weighted by atomic mass is 35.5. The lowest BCUT2D eigenvalue weighted by Crippen LogP contribution is -2.15. The summed E-state index contributed by atoms with van der Waals surface area (Å²) in [4.78, 5) is 16.8. The predicted molar refractivity (Wildman–Crippen MR) is 107 cm³/mol. The molecule has 2 N–H and O–H groups in total. The first kappa shape index (κ1) is 19.8. The van der Waals surface area contributed by atoms with Gasteiger partial charge in [0.05, 0.1) is 16.3 Å². The summed E-state index contributed by atoms with van der Waals surface area (Å²) < 4.78 is 27.6. The monoisotopic (exact) mass is 401 g/mol. The van der Waals surface area contributed by atoms with Crippen molar-refractivity contribution in [2.75, 3.05) is 10.6 Å². The van der Waals surface area contributed by atoms with Crippen LogP contribution in [0.2, 0.25) is 5.02 Å². The Labute approximate surface area is 166 Å². The zero-order chi connectivity index (χ0) is 20.3. The second-order valence-corrected chi connectivity index (χ2v) is 6.64. The van der Waals surface area contributed by atoms with Gasteiger partial charge >= 0.3 is 0 Å². The van der Waals surface area contributed by atoms with Gasteiger partial charge in [0.2, 0.25) is 0 Å². The molecule has 4 nitrogen and oxygen atoms in total. The Morgan fingerprint density at radius 3 is 2.61 bits per heavy atom. The van der Waals surface area contributed by atoms with E-state index in [9.17, 15) is 13.6 Å². The molecule has 0 aliphatic heterocycles. The van der Waals surface area contributed by atoms with E-state index < -0.39 is 11.7 Å². The van der Waals surface area contributed by atoms with Crippen molar-refractivity contribution in [2.45, 2.75) is 20.3 Å². The number of aromatic nitrogens is 1. The standard InChI is InChI=1S/C21H18ClF2N3O/c1-3-13-8-14(23)4-5-19(13)26-20-10-17(24)16(22)9-15(20)21(28)27-18-6-7-25-11-12(18)2/h4-11,26H,3H2,1-2H3,(H,25,27,28). The fourth-order valence-corrected chi connectivity index (χ4v) is 2.93. The van der Waals surface area contributed by atoms with Gasteiger partial charge in [-0.2, -0.15) is 0 Å². The molecule has 28 heavy (non-hydrogen) atoms. The largest absolute Gasteiger partial charge is 0.355 e. The van der Waals surface area contributed by atoms with Crippen molar-refractivity contribution in [2.24, 2.45) is 0 Å². The van der Waals surface area contributed by atoms with Gasteiger partial charge < -0.3 is 10.6 Å². The number of aryl methyl sites for hydroxylation is 2. The average molecular weight is 402 g/mol. The topological polar surface area (TPSA) is 54.0 Å². The summed E-state index contributed by atoms with van der Waals surface area (Å²) in [7, 11) is 0. The molecule has 0 fully saturated rings. The molecule has 0 radical (unpaired) electrons. The van der Waals surface area contributed by atoms with E-state index in [1.807, 2.05) is 13.8 Å². The van der Waals surface area contributed by atoms with Crippen molar-refractivity contribution < 1.29 is 13.6 Å². The average Bonchev–Trinajstić information content (AvgIpc) is 2.67. The molecule has 3 aromatic rings. The van der Waals surface area contributed by atoms with E-state index in [2.05, 4.69) is 15.6 Å². The van der Waals surface area contributed by atoms with E-state index >= 15 is 0 Å². The van der Waals surface area contributed by atoms with Crippen LogP contribution in [0.3, 0.4) is 0 Å². The number of hydrogen-bond donors (Lipinski definition) is 2. The molecule has 7 heteroatoms. The summed E-state index contributed by atoms with van der Waals surface area (Å²) >= 11 is 5.90. The van der Waals surface area contributed by atoms with Crippen LogP contribution in [0, 0.1) is 18.6 Å². The van der Waals surface area contributed by atoms with E-state index in [0.717, 1.165) is 11.6 Å². The number of carbonyl (C=O) groups excluding carboxylic acids is 1. The number of anilines is 3. The van der Waals surface area contributed by atoms with Crippen LogP contribution in [0.5, 0.6) is 0 Å². The van der Waals surface area contributed by atoms with Gasteiger partial charge in [0, 0.05) is 23.8 Å². The summed E-state index contributed by atoms with van der Waals surface area (Å²) in [5, 5.41) is 5.64. The first-order valence-electron chi connectivity index (χ1n) is 8.65. The van der Waals surface area contributed by atoms with Gasteiger partial charge in [-0.15, -0.1) is 0 Å². The van der Waals surface area contributed by atoms with E-state index in [1.165, 1.54) is 18.2 Å². The number of pyridine rings is 1. The van der Waals surface area contributed by atoms with Crippen LogP contribution in [-0.2, 0) is 6.42 Å². The molecule has 0 aliphatic carbocycles. The zero-order valence-electron chi connectivity index (χ0n) is 15.3. The molecule has 144 valence electrons. The number of nitrogens with one attached hydrogen (secondary N) is 2. The molecular weight excluding hydrogens is 384 g/mol. The third kappa shape index (κ3) is 4.28. The molecule has 1 heterocycles. The minimum absolute atomic E-state index is 0.161. The number of benzene rings is 2. The van der Waals surface area contributed by atoms with Crippen molar-refractivity contribution in [3.05, 3.63) is 82.1 Å². The fourth-order valence-electron chi connectivity index (χ4n) is 2.76. The van der Waals surface area contributed by atoms with Gasteiger partial charge in [-0.3, -0.25) is 9.78 Å². The number of rotatable bonds is 5. The quantitative estimate of drug-likeness (QED) is 0.561. The molecule has 0 unspecified atom stereocenters. The molecule has 1 aromatic heterocycles. The highest BCUT2D eigenvalue weighted by Crippen LogP contribution is 2.30. The number of hydrogen-bond acceptors (Lipinski definition) is 3. The molecule has 0 spiro atoms. The Morgan fingerprint density at radius 1 is 1.11 bits per heavy atom. The maximum Gasteiger partial charge on any atom is 0.257 e. The normalized spacial score (nSPS) is 10.6. The van der Waals surface area contributed by atoms with Crippen molar-refractivity contribution in [1.82, 2.24) is 4.98 Å². The van der Waals surface area contributed by atoms with Gasteiger partial charge in [-0.1, -0.05) is 18.5 Å². The van der Waals surface area contributed by atoms with E-state index in [-0.39, 0.29) is 22.1 Å². The van der Waals surface area contributed by atoms with E-state index in [4.69, 9.17) is 11.6 Å². The van der Waals surface area contributed by atoms with E-state index in [1.54, 1.807) is 24.5 Å². The highest BCUT2D eigenvalue weighted by molar-refractivity contribution is 6.31. The second kappa shape index (κ2) is 8.35. The van der Waals surface area contributed by atoms with Crippen LogP contribution >= 0.6 is 11.6 Å². The van der Waals surface area contributed by atoms with E-state index in [0.29, 0.717) is 23.4 Å². The van der Waals surface area contributed by atoms with Crippen LogP contribution in [0.4, 0.5) is 25.8 Å². The fraction of sp³-hybridized carbons (Fsp3) is 0.143. The third-order valence-electron chi connectivity index (χ3n) is 4.29. The van der Waals surface area contributed by atoms with Gasteiger partial charge in [-0.25, -0.2) is 8.78 Å². The molecule has 0 saturated carbocycles. The summed E-state index contributed by atoms with van der Waals surface area (Å²) in [5.74, 6) is -1.49. The molecular formula is C21H18ClF2N3O. The third-order valence-corrected chi connectivity index (χ3v) is 4.58. The summed E-state index contributed by atoms with van der Waals surface area (Å²) in [6, 6.07) is 8.33. The van der Waals surface area contributed by atoms with Crippen molar-refractivity contribution >= 4 is 34.6 Å². The Hall–Kier alpha value is -2.99. The lowest BCUT2D eigenvalue weighted by Gasteiger charge is -2.16. The minimum atomic E-state index is -0.666. The lowest BCUT2D eigenvalue weighted by molar-refractivity contribution is 0.102. The molecule has 2 aromatic carbocycles. The van der Waals surface area contributed by atoms with Gasteiger partial charge in [0.1, 0.15) is 11.6 Å². The Bertz CT molecular complexity index is 1040.